The van der Waals surface area contributed by atoms with E-state index in [1.54, 1.807) is 29.1 Å². The standard InChI is InChI=1S/C11H10ClN3S/c1-7-5-14-15(6-7)10-4-8(12)2-3-9(10)11(13)16/h2-6H,1H3,(H2,13,16). The van der Waals surface area contributed by atoms with Crippen molar-refractivity contribution < 1.29 is 0 Å². The molecule has 0 fully saturated rings. The van der Waals surface area contributed by atoms with Crippen LogP contribution in [0, 0.1) is 6.92 Å². The molecule has 0 radical (unpaired) electrons. The van der Waals surface area contributed by atoms with Gasteiger partial charge < -0.3 is 5.73 Å². The summed E-state index contributed by atoms with van der Waals surface area (Å²) in [6, 6.07) is 5.36. The maximum atomic E-state index is 5.95. The van der Waals surface area contributed by atoms with E-state index in [1.807, 2.05) is 13.1 Å². The normalized spacial score (nSPS) is 10.4. The Morgan fingerprint density at radius 1 is 1.50 bits per heavy atom. The summed E-state index contributed by atoms with van der Waals surface area (Å²) >= 11 is 10.9. The molecule has 5 heteroatoms. The van der Waals surface area contributed by atoms with Gasteiger partial charge in [-0.2, -0.15) is 5.10 Å². The van der Waals surface area contributed by atoms with Gasteiger partial charge in [0.2, 0.25) is 0 Å². The zero-order valence-corrected chi connectivity index (χ0v) is 10.2. The molecule has 0 unspecified atom stereocenters. The summed E-state index contributed by atoms with van der Waals surface area (Å²) in [5.74, 6) is 0. The Morgan fingerprint density at radius 2 is 2.25 bits per heavy atom. The first-order chi connectivity index (χ1) is 7.58. The van der Waals surface area contributed by atoms with Crippen molar-refractivity contribution in [3.8, 4) is 5.69 Å². The lowest BCUT2D eigenvalue weighted by atomic mass is 10.2. The Bertz CT molecular complexity index is 548. The first kappa shape index (κ1) is 11.1. The summed E-state index contributed by atoms with van der Waals surface area (Å²) in [5, 5.41) is 4.84. The summed E-state index contributed by atoms with van der Waals surface area (Å²) in [6.07, 6.45) is 3.66. The van der Waals surface area contributed by atoms with Crippen molar-refractivity contribution in [3.05, 3.63) is 46.7 Å². The number of nitrogens with two attached hydrogens (primary N) is 1. The fourth-order valence-corrected chi connectivity index (χ4v) is 1.79. The lowest BCUT2D eigenvalue weighted by molar-refractivity contribution is 0.878. The molecule has 16 heavy (non-hydrogen) atoms. The molecule has 0 aliphatic carbocycles. The van der Waals surface area contributed by atoms with Gasteiger partial charge in [-0.25, -0.2) is 4.68 Å². The number of rotatable bonds is 2. The molecule has 0 saturated heterocycles. The zero-order valence-electron chi connectivity index (χ0n) is 8.64. The topological polar surface area (TPSA) is 43.8 Å². The van der Waals surface area contributed by atoms with Gasteiger partial charge in [-0.1, -0.05) is 23.8 Å². The van der Waals surface area contributed by atoms with Crippen molar-refractivity contribution in [3.63, 3.8) is 0 Å². The molecule has 0 aliphatic heterocycles. The van der Waals surface area contributed by atoms with Gasteiger partial charge in [-0.3, -0.25) is 0 Å². The summed E-state index contributed by atoms with van der Waals surface area (Å²) in [6.45, 7) is 1.97. The van der Waals surface area contributed by atoms with Crippen LogP contribution in [-0.2, 0) is 0 Å². The quantitative estimate of drug-likeness (QED) is 0.834. The average Bonchev–Trinajstić information content (AvgIpc) is 2.64. The van der Waals surface area contributed by atoms with Gasteiger partial charge in [0.25, 0.3) is 0 Å². The van der Waals surface area contributed by atoms with Crippen molar-refractivity contribution in [2.24, 2.45) is 5.73 Å². The Labute approximate surface area is 104 Å². The largest absolute Gasteiger partial charge is 0.389 e. The first-order valence-electron chi connectivity index (χ1n) is 4.69. The number of thiocarbonyl (C=S) groups is 1. The third kappa shape index (κ3) is 2.08. The minimum absolute atomic E-state index is 0.333. The zero-order chi connectivity index (χ0) is 11.7. The molecule has 0 saturated carbocycles. The second kappa shape index (κ2) is 4.23. The smallest absolute Gasteiger partial charge is 0.106 e. The molecular formula is C11H10ClN3S. The minimum atomic E-state index is 0.333. The Kier molecular flexibility index (Phi) is 2.94. The van der Waals surface area contributed by atoms with E-state index in [4.69, 9.17) is 29.6 Å². The second-order valence-electron chi connectivity index (χ2n) is 3.49. The van der Waals surface area contributed by atoms with E-state index in [1.165, 1.54) is 0 Å². The van der Waals surface area contributed by atoms with Gasteiger partial charge in [-0.15, -0.1) is 0 Å². The van der Waals surface area contributed by atoms with E-state index in [0.717, 1.165) is 16.8 Å². The first-order valence-corrected chi connectivity index (χ1v) is 5.47. The van der Waals surface area contributed by atoms with Crippen LogP contribution < -0.4 is 5.73 Å². The molecule has 2 N–H and O–H groups in total. The fourth-order valence-electron chi connectivity index (χ4n) is 1.45. The summed E-state index contributed by atoms with van der Waals surface area (Å²) in [5.41, 5.74) is 8.29. The van der Waals surface area contributed by atoms with Crippen LogP contribution in [0.4, 0.5) is 0 Å². The minimum Gasteiger partial charge on any atom is -0.389 e. The predicted molar refractivity (Wildman–Crippen MR) is 69.2 cm³/mol. The van der Waals surface area contributed by atoms with Crippen LogP contribution in [0.25, 0.3) is 5.69 Å². The molecule has 0 spiro atoms. The number of benzene rings is 1. The number of aryl methyl sites for hydroxylation is 1. The van der Waals surface area contributed by atoms with Crippen LogP contribution in [0.15, 0.2) is 30.6 Å². The van der Waals surface area contributed by atoms with E-state index in [9.17, 15) is 0 Å². The molecule has 82 valence electrons. The number of halogens is 1. The molecule has 0 atom stereocenters. The predicted octanol–water partition coefficient (Wildman–Crippen LogP) is 2.47. The summed E-state index contributed by atoms with van der Waals surface area (Å²) < 4.78 is 1.72. The highest BCUT2D eigenvalue weighted by Crippen LogP contribution is 2.19. The van der Waals surface area contributed by atoms with Gasteiger partial charge in [0, 0.05) is 16.8 Å². The number of hydrogen-bond acceptors (Lipinski definition) is 2. The maximum Gasteiger partial charge on any atom is 0.106 e. The van der Waals surface area contributed by atoms with Crippen molar-refractivity contribution in [2.45, 2.75) is 6.92 Å². The Balaban J connectivity index is 2.62. The van der Waals surface area contributed by atoms with Crippen LogP contribution in [0.5, 0.6) is 0 Å². The number of hydrogen-bond donors (Lipinski definition) is 1. The number of nitrogens with zero attached hydrogens (tertiary/aromatic N) is 2. The molecular weight excluding hydrogens is 242 g/mol. The molecule has 1 aromatic carbocycles. The van der Waals surface area contributed by atoms with E-state index in [-0.39, 0.29) is 0 Å². The highest BCUT2D eigenvalue weighted by molar-refractivity contribution is 7.80. The summed E-state index contributed by atoms with van der Waals surface area (Å²) in [7, 11) is 0. The van der Waals surface area contributed by atoms with Crippen molar-refractivity contribution in [1.29, 1.82) is 0 Å². The maximum absolute atomic E-state index is 5.95. The van der Waals surface area contributed by atoms with Crippen molar-refractivity contribution in [1.82, 2.24) is 9.78 Å². The molecule has 3 nitrogen and oxygen atoms in total. The molecule has 0 amide bonds. The summed E-state index contributed by atoms with van der Waals surface area (Å²) in [4.78, 5) is 0.333. The molecule has 1 aromatic heterocycles. The average molecular weight is 252 g/mol. The Hall–Kier alpha value is -1.39. The molecule has 1 heterocycles. The SMILES string of the molecule is Cc1cnn(-c2cc(Cl)ccc2C(N)=S)c1. The second-order valence-corrected chi connectivity index (χ2v) is 4.36. The van der Waals surface area contributed by atoms with Gasteiger partial charge in [0.05, 0.1) is 11.9 Å². The highest BCUT2D eigenvalue weighted by Gasteiger charge is 2.08. The lowest BCUT2D eigenvalue weighted by Crippen LogP contribution is -2.13. The Morgan fingerprint density at radius 3 is 2.81 bits per heavy atom. The highest BCUT2D eigenvalue weighted by atomic mass is 35.5. The van der Waals surface area contributed by atoms with Gasteiger partial charge in [0.1, 0.15) is 4.99 Å². The van der Waals surface area contributed by atoms with Crippen LogP contribution in [0.2, 0.25) is 5.02 Å². The van der Waals surface area contributed by atoms with Gasteiger partial charge >= 0.3 is 0 Å². The fraction of sp³-hybridized carbons (Fsp3) is 0.0909. The number of aromatic nitrogens is 2. The monoisotopic (exact) mass is 251 g/mol. The van der Waals surface area contributed by atoms with E-state index in [2.05, 4.69) is 5.10 Å². The van der Waals surface area contributed by atoms with E-state index in [0.29, 0.717) is 10.0 Å². The molecule has 2 rings (SSSR count). The molecule has 0 aliphatic rings. The lowest BCUT2D eigenvalue weighted by Gasteiger charge is -2.08. The molecule has 2 aromatic rings. The van der Waals surface area contributed by atoms with E-state index < -0.39 is 0 Å². The van der Waals surface area contributed by atoms with Crippen LogP contribution in [0.1, 0.15) is 11.1 Å². The third-order valence-electron chi connectivity index (χ3n) is 2.18. The van der Waals surface area contributed by atoms with Crippen LogP contribution in [-0.4, -0.2) is 14.8 Å². The van der Waals surface area contributed by atoms with Gasteiger partial charge in [-0.05, 0) is 30.7 Å². The van der Waals surface area contributed by atoms with Crippen LogP contribution >= 0.6 is 23.8 Å². The van der Waals surface area contributed by atoms with Crippen molar-refractivity contribution >= 4 is 28.8 Å². The van der Waals surface area contributed by atoms with Gasteiger partial charge in [0.15, 0.2) is 0 Å². The molecule has 0 bridgehead atoms. The third-order valence-corrected chi connectivity index (χ3v) is 2.64. The van der Waals surface area contributed by atoms with Crippen LogP contribution in [0.3, 0.4) is 0 Å². The van der Waals surface area contributed by atoms with Crippen molar-refractivity contribution in [2.75, 3.05) is 0 Å². The van der Waals surface area contributed by atoms with E-state index >= 15 is 0 Å².